The molecule has 0 aromatic carbocycles. The molecule has 0 saturated carbocycles. The molecule has 0 spiro atoms. The summed E-state index contributed by atoms with van der Waals surface area (Å²) in [5, 5.41) is 10.6. The summed E-state index contributed by atoms with van der Waals surface area (Å²) in [7, 11) is -9.90. The minimum Gasteiger partial charge on any atom is -0.462 e. The lowest BCUT2D eigenvalue weighted by Gasteiger charge is -2.21. The van der Waals surface area contributed by atoms with Crippen molar-refractivity contribution in [2.45, 2.75) is 387 Å². The molecule has 17 nitrogen and oxygen atoms in total. The number of aliphatic hydroxyl groups excluding tert-OH is 1. The van der Waals surface area contributed by atoms with Crippen LogP contribution < -0.4 is 0 Å². The minimum atomic E-state index is -4.95. The van der Waals surface area contributed by atoms with Crippen LogP contribution in [0.2, 0.25) is 0 Å². The van der Waals surface area contributed by atoms with Gasteiger partial charge in [-0.3, -0.25) is 37.3 Å². The van der Waals surface area contributed by atoms with Gasteiger partial charge in [-0.25, -0.2) is 9.13 Å². The first-order valence-corrected chi connectivity index (χ1v) is 40.5. The number of rotatable bonds is 71. The zero-order valence-corrected chi connectivity index (χ0v) is 60.9. The van der Waals surface area contributed by atoms with Crippen LogP contribution in [0, 0.1) is 11.8 Å². The molecule has 5 atom stereocenters. The van der Waals surface area contributed by atoms with Crippen LogP contribution in [0.5, 0.6) is 0 Å². The van der Waals surface area contributed by atoms with E-state index >= 15 is 0 Å². The van der Waals surface area contributed by atoms with Crippen LogP contribution in [0.3, 0.4) is 0 Å². The van der Waals surface area contributed by atoms with Crippen LogP contribution in [-0.4, -0.2) is 96.7 Å². The first-order chi connectivity index (χ1) is 43.9. The molecule has 91 heavy (non-hydrogen) atoms. The van der Waals surface area contributed by atoms with Crippen molar-refractivity contribution in [1.82, 2.24) is 0 Å². The van der Waals surface area contributed by atoms with Gasteiger partial charge in [-0.05, 0) is 37.5 Å². The number of hydrogen-bond acceptors (Lipinski definition) is 15. The quantitative estimate of drug-likeness (QED) is 0.0222. The molecule has 540 valence electrons. The van der Waals surface area contributed by atoms with Crippen LogP contribution in [0.4, 0.5) is 0 Å². The predicted molar refractivity (Wildman–Crippen MR) is 368 cm³/mol. The molecule has 0 rings (SSSR count). The zero-order valence-electron chi connectivity index (χ0n) is 59.1. The number of carbonyl (C=O) groups excluding carboxylic acids is 4. The summed E-state index contributed by atoms with van der Waals surface area (Å²) < 4.78 is 68.3. The van der Waals surface area contributed by atoms with E-state index in [9.17, 15) is 43.2 Å². The fourth-order valence-corrected chi connectivity index (χ4v) is 12.5. The SMILES string of the molecule is CCCCCCCCCCCCCCCCCCC(=O)O[C@H](COC(=O)CCCCCCCCCCCCCCC(C)C)COP(=O)(O)OC[C@@H](O)COP(=O)(O)OC[C@@H](COC(=O)CCCCCCCCCCCC)OC(=O)CCCCCCCCCC(C)C. The molecular formula is C72H140O17P2. The largest absolute Gasteiger partial charge is 0.472 e. The maximum Gasteiger partial charge on any atom is 0.472 e. The lowest BCUT2D eigenvalue weighted by molar-refractivity contribution is -0.161. The van der Waals surface area contributed by atoms with Crippen molar-refractivity contribution in [2.75, 3.05) is 39.6 Å². The molecule has 0 aliphatic carbocycles. The van der Waals surface area contributed by atoms with E-state index in [1.165, 1.54) is 186 Å². The van der Waals surface area contributed by atoms with E-state index in [0.717, 1.165) is 95.8 Å². The highest BCUT2D eigenvalue weighted by Crippen LogP contribution is 2.45. The average molecular weight is 1340 g/mol. The van der Waals surface area contributed by atoms with Gasteiger partial charge in [-0.1, -0.05) is 318 Å². The summed E-state index contributed by atoms with van der Waals surface area (Å²) in [5.74, 6) is -0.645. The molecular weight excluding hydrogens is 1200 g/mol. The second kappa shape index (κ2) is 64.1. The van der Waals surface area contributed by atoms with Gasteiger partial charge in [0.15, 0.2) is 12.2 Å². The highest BCUT2D eigenvalue weighted by molar-refractivity contribution is 7.47. The number of esters is 4. The van der Waals surface area contributed by atoms with Gasteiger partial charge in [0.05, 0.1) is 26.4 Å². The van der Waals surface area contributed by atoms with Crippen LogP contribution in [-0.2, 0) is 65.4 Å². The molecule has 0 aromatic heterocycles. The molecule has 0 aliphatic rings. The van der Waals surface area contributed by atoms with Crippen molar-refractivity contribution in [3.05, 3.63) is 0 Å². The summed E-state index contributed by atoms with van der Waals surface area (Å²) in [6, 6.07) is 0. The summed E-state index contributed by atoms with van der Waals surface area (Å²) in [6.07, 6.45) is 50.0. The van der Waals surface area contributed by atoms with E-state index in [4.69, 9.17) is 37.0 Å². The van der Waals surface area contributed by atoms with Gasteiger partial charge in [0.1, 0.15) is 19.3 Å². The molecule has 0 bridgehead atoms. The molecule has 0 aromatic rings. The summed E-state index contributed by atoms with van der Waals surface area (Å²) in [5.41, 5.74) is 0. The molecule has 19 heteroatoms. The Hall–Kier alpha value is -1.94. The van der Waals surface area contributed by atoms with Gasteiger partial charge >= 0.3 is 39.5 Å². The summed E-state index contributed by atoms with van der Waals surface area (Å²) >= 11 is 0. The highest BCUT2D eigenvalue weighted by Gasteiger charge is 2.30. The number of ether oxygens (including phenoxy) is 4. The Morgan fingerprint density at radius 3 is 0.747 bits per heavy atom. The smallest absolute Gasteiger partial charge is 0.462 e. The zero-order chi connectivity index (χ0) is 67.2. The van der Waals surface area contributed by atoms with Crippen molar-refractivity contribution in [3.63, 3.8) is 0 Å². The van der Waals surface area contributed by atoms with E-state index in [1.807, 2.05) is 0 Å². The monoisotopic (exact) mass is 1340 g/mol. The Bertz CT molecular complexity index is 1770. The maximum absolute atomic E-state index is 13.0. The molecule has 0 radical (unpaired) electrons. The van der Waals surface area contributed by atoms with Crippen molar-refractivity contribution in [3.8, 4) is 0 Å². The van der Waals surface area contributed by atoms with E-state index in [2.05, 4.69) is 41.5 Å². The number of hydrogen-bond donors (Lipinski definition) is 3. The van der Waals surface area contributed by atoms with E-state index in [1.54, 1.807) is 0 Å². The van der Waals surface area contributed by atoms with Crippen molar-refractivity contribution in [1.29, 1.82) is 0 Å². The standard InChI is InChI=1S/C72H140O17P2/c1-7-9-11-13-15-17-19-20-21-22-23-28-32-38-44-50-56-71(76)88-67(60-83-70(75)55-49-43-37-31-27-25-24-26-29-34-40-46-52-64(3)4)62-86-90(78,79)84-58-66(73)59-85-91(80,81)87-63-68(89-72(77)57-51-45-39-33-35-41-47-53-65(5)6)61-82-69(74)54-48-42-36-30-18-16-14-12-10-8-2/h64-68,73H,7-63H2,1-6H3,(H,78,79)(H,80,81)/t66-,67-,68-/m1/s1. The molecule has 0 heterocycles. The number of unbranched alkanes of at least 4 members (excludes halogenated alkanes) is 41. The van der Waals surface area contributed by atoms with Gasteiger partial charge in [0.2, 0.25) is 0 Å². The number of phosphoric ester groups is 2. The Morgan fingerprint density at radius 1 is 0.297 bits per heavy atom. The fraction of sp³-hybridized carbons (Fsp3) is 0.944. The molecule has 2 unspecified atom stereocenters. The number of phosphoric acid groups is 2. The van der Waals surface area contributed by atoms with Crippen LogP contribution in [0.1, 0.15) is 369 Å². The van der Waals surface area contributed by atoms with E-state index in [0.29, 0.717) is 31.6 Å². The molecule has 0 saturated heterocycles. The average Bonchev–Trinajstić information content (AvgIpc) is 3.51. The topological polar surface area (TPSA) is 237 Å². The number of carbonyl (C=O) groups is 4. The Kier molecular flexibility index (Phi) is 62.7. The second-order valence-electron chi connectivity index (χ2n) is 26.9. The second-order valence-corrected chi connectivity index (χ2v) is 29.8. The third-order valence-corrected chi connectivity index (χ3v) is 18.6. The van der Waals surface area contributed by atoms with E-state index < -0.39 is 97.5 Å². The molecule has 0 amide bonds. The molecule has 0 fully saturated rings. The van der Waals surface area contributed by atoms with Crippen molar-refractivity contribution >= 4 is 39.5 Å². The predicted octanol–water partition coefficient (Wildman–Crippen LogP) is 20.8. The normalized spacial score (nSPS) is 14.1. The lowest BCUT2D eigenvalue weighted by Crippen LogP contribution is -2.30. The highest BCUT2D eigenvalue weighted by atomic mass is 31.2. The Labute approximate surface area is 556 Å². The first kappa shape index (κ1) is 89.1. The summed E-state index contributed by atoms with van der Waals surface area (Å²) in [6.45, 7) is 9.51. The third kappa shape index (κ3) is 66.5. The molecule has 3 N–H and O–H groups in total. The van der Waals surface area contributed by atoms with Crippen LogP contribution in [0.25, 0.3) is 0 Å². The first-order valence-electron chi connectivity index (χ1n) is 37.5. The van der Waals surface area contributed by atoms with Crippen LogP contribution >= 0.6 is 15.6 Å². The fourth-order valence-electron chi connectivity index (χ4n) is 10.9. The number of aliphatic hydroxyl groups is 1. The van der Waals surface area contributed by atoms with E-state index in [-0.39, 0.29) is 25.7 Å². The molecule has 0 aliphatic heterocycles. The van der Waals surface area contributed by atoms with Gasteiger partial charge in [0.25, 0.3) is 0 Å². The van der Waals surface area contributed by atoms with Gasteiger partial charge < -0.3 is 33.8 Å². The van der Waals surface area contributed by atoms with Crippen molar-refractivity contribution in [2.24, 2.45) is 11.8 Å². The van der Waals surface area contributed by atoms with Crippen molar-refractivity contribution < 1.29 is 80.2 Å². The van der Waals surface area contributed by atoms with Gasteiger partial charge in [-0.2, -0.15) is 0 Å². The van der Waals surface area contributed by atoms with Gasteiger partial charge in [-0.15, -0.1) is 0 Å². The maximum atomic E-state index is 13.0. The minimum absolute atomic E-state index is 0.104. The lowest BCUT2D eigenvalue weighted by atomic mass is 10.0. The van der Waals surface area contributed by atoms with Gasteiger partial charge in [0, 0.05) is 25.7 Å². The van der Waals surface area contributed by atoms with Crippen LogP contribution in [0.15, 0.2) is 0 Å². The Morgan fingerprint density at radius 2 is 0.505 bits per heavy atom. The third-order valence-electron chi connectivity index (χ3n) is 16.7. The summed E-state index contributed by atoms with van der Waals surface area (Å²) in [4.78, 5) is 72.6. The Balaban J connectivity index is 5.23.